The first-order valence-corrected chi connectivity index (χ1v) is 10.7. The van der Waals surface area contributed by atoms with Gasteiger partial charge in [0.2, 0.25) is 0 Å². The van der Waals surface area contributed by atoms with Crippen molar-refractivity contribution in [1.82, 2.24) is 0 Å². The van der Waals surface area contributed by atoms with Gasteiger partial charge < -0.3 is 9.66 Å². The predicted molar refractivity (Wildman–Crippen MR) is 90.9 cm³/mol. The number of unbranched alkanes of at least 4 members (excludes halogenated alkanes) is 14. The van der Waals surface area contributed by atoms with E-state index in [1.165, 1.54) is 57.8 Å². The summed E-state index contributed by atoms with van der Waals surface area (Å²) in [7, 11) is -4.00. The molecule has 0 aliphatic rings. The van der Waals surface area contributed by atoms with E-state index >= 15 is 0 Å². The molecule has 0 atom stereocenters. The van der Waals surface area contributed by atoms with Crippen LogP contribution in [0.5, 0.6) is 0 Å². The smallest absolute Gasteiger partial charge is 0.748 e. The molecule has 0 heterocycles. The Kier molecular flexibility index (Phi) is 21.8. The van der Waals surface area contributed by atoms with Gasteiger partial charge in [-0.25, -0.2) is 8.42 Å². The van der Waals surface area contributed by atoms with E-state index in [0.717, 1.165) is 32.1 Å². The molecule has 0 aliphatic carbocycles. The molecule has 0 bridgehead atoms. The van der Waals surface area contributed by atoms with Gasteiger partial charge in [0.25, 0.3) is 0 Å². The second-order valence-corrected chi connectivity index (χ2v) is 7.81. The Bertz CT molecular complexity index is 321. The second kappa shape index (κ2) is 19.2. The van der Waals surface area contributed by atoms with Crippen LogP contribution in [0.1, 0.15) is 96.3 Å². The third-order valence-corrected chi connectivity index (χ3v) is 4.84. The summed E-state index contributed by atoms with van der Waals surface area (Å²) in [6, 6.07) is 0. The van der Waals surface area contributed by atoms with Crippen molar-refractivity contribution in [2.75, 3.05) is 12.4 Å². The molecule has 23 heavy (non-hydrogen) atoms. The van der Waals surface area contributed by atoms with E-state index < -0.39 is 10.1 Å². The molecule has 0 radical (unpaired) electrons. The quantitative estimate of drug-likeness (QED) is 0.242. The summed E-state index contributed by atoms with van der Waals surface area (Å²) in [5.74, 6) is -0.201. The second-order valence-electron chi connectivity index (χ2n) is 6.29. The SMILES string of the molecule is O=S(=O)([O-])CCCCCCCCCCCCCCCCCO.[Na+]. The third kappa shape index (κ3) is 25.2. The fourth-order valence-electron chi connectivity index (χ4n) is 2.69. The minimum absolute atomic E-state index is 0. The number of hydrogen-bond acceptors (Lipinski definition) is 4. The zero-order valence-electron chi connectivity index (χ0n) is 15.1. The largest absolute Gasteiger partial charge is 1.00 e. The minimum Gasteiger partial charge on any atom is -0.748 e. The first-order valence-electron chi connectivity index (χ1n) is 9.10. The summed E-state index contributed by atoms with van der Waals surface area (Å²) in [5.41, 5.74) is 0. The fraction of sp³-hybridized carbons (Fsp3) is 1.00. The number of aliphatic hydroxyl groups is 1. The normalized spacial score (nSPS) is 11.4. The molecule has 0 aromatic rings. The summed E-state index contributed by atoms with van der Waals surface area (Å²) in [4.78, 5) is 0. The van der Waals surface area contributed by atoms with E-state index in [1.807, 2.05) is 0 Å². The number of aliphatic hydroxyl groups excluding tert-OH is 1. The molecule has 0 spiro atoms. The summed E-state index contributed by atoms with van der Waals surface area (Å²) in [6.45, 7) is 0.331. The van der Waals surface area contributed by atoms with E-state index in [4.69, 9.17) is 5.11 Å². The Morgan fingerprint density at radius 3 is 1.09 bits per heavy atom. The Labute approximate surface area is 165 Å². The number of rotatable bonds is 17. The number of hydrogen-bond donors (Lipinski definition) is 1. The molecule has 0 fully saturated rings. The zero-order chi connectivity index (χ0) is 16.5. The van der Waals surface area contributed by atoms with E-state index in [0.29, 0.717) is 13.0 Å². The maximum absolute atomic E-state index is 10.4. The van der Waals surface area contributed by atoms with Crippen molar-refractivity contribution in [3.8, 4) is 0 Å². The van der Waals surface area contributed by atoms with Gasteiger partial charge in [-0.2, -0.15) is 0 Å². The Balaban J connectivity index is 0. The summed E-state index contributed by atoms with van der Waals surface area (Å²) < 4.78 is 31.2. The molecule has 0 aromatic carbocycles. The van der Waals surface area contributed by atoms with Crippen molar-refractivity contribution in [2.24, 2.45) is 0 Å². The van der Waals surface area contributed by atoms with Gasteiger partial charge in [-0.05, 0) is 12.8 Å². The van der Waals surface area contributed by atoms with Gasteiger partial charge in [-0.3, -0.25) is 0 Å². The minimum atomic E-state index is -4.00. The van der Waals surface area contributed by atoms with Gasteiger partial charge in [0.1, 0.15) is 0 Å². The van der Waals surface area contributed by atoms with Crippen LogP contribution >= 0.6 is 0 Å². The van der Waals surface area contributed by atoms with Crippen LogP contribution in [0.25, 0.3) is 0 Å². The molecule has 0 unspecified atom stereocenters. The summed E-state index contributed by atoms with van der Waals surface area (Å²) >= 11 is 0. The van der Waals surface area contributed by atoms with Crippen LogP contribution in [0.4, 0.5) is 0 Å². The van der Waals surface area contributed by atoms with Crippen LogP contribution in [0.2, 0.25) is 0 Å². The Hall–Kier alpha value is 0.870. The standard InChI is InChI=1S/C17H36O4S.Na/c18-16-14-12-10-8-6-4-2-1-3-5-7-9-11-13-15-17-22(19,20)21;/h18H,1-17H2,(H,19,20,21);/q;+1/p-1. The van der Waals surface area contributed by atoms with Gasteiger partial charge >= 0.3 is 29.6 Å². The molecule has 0 amide bonds. The molecular formula is C17H35NaO4S. The van der Waals surface area contributed by atoms with Crippen LogP contribution in [-0.4, -0.2) is 30.4 Å². The van der Waals surface area contributed by atoms with E-state index in [9.17, 15) is 13.0 Å². The summed E-state index contributed by atoms with van der Waals surface area (Å²) in [5, 5.41) is 8.67. The maximum Gasteiger partial charge on any atom is 1.00 e. The van der Waals surface area contributed by atoms with Crippen LogP contribution in [0.15, 0.2) is 0 Å². The van der Waals surface area contributed by atoms with Gasteiger partial charge in [0.15, 0.2) is 0 Å². The molecular weight excluding hydrogens is 323 g/mol. The van der Waals surface area contributed by atoms with Gasteiger partial charge in [-0.1, -0.05) is 83.5 Å². The van der Waals surface area contributed by atoms with E-state index in [-0.39, 0.29) is 35.3 Å². The molecule has 0 saturated heterocycles. The van der Waals surface area contributed by atoms with Crippen molar-refractivity contribution in [3.05, 3.63) is 0 Å². The first kappa shape index (κ1) is 26.1. The molecule has 0 aromatic heterocycles. The molecule has 134 valence electrons. The zero-order valence-corrected chi connectivity index (χ0v) is 17.9. The molecule has 4 nitrogen and oxygen atoms in total. The van der Waals surface area contributed by atoms with Crippen LogP contribution in [-0.2, 0) is 10.1 Å². The van der Waals surface area contributed by atoms with Crippen molar-refractivity contribution < 1.29 is 47.6 Å². The predicted octanol–water partition coefficient (Wildman–Crippen LogP) is 1.38. The van der Waals surface area contributed by atoms with Crippen molar-refractivity contribution >= 4 is 10.1 Å². The van der Waals surface area contributed by atoms with Gasteiger partial charge in [0, 0.05) is 12.4 Å². The maximum atomic E-state index is 10.4. The molecule has 0 aliphatic heterocycles. The van der Waals surface area contributed by atoms with Crippen molar-refractivity contribution in [3.63, 3.8) is 0 Å². The summed E-state index contributed by atoms with van der Waals surface area (Å²) in [6.07, 6.45) is 17.4. The van der Waals surface area contributed by atoms with Gasteiger partial charge in [-0.15, -0.1) is 0 Å². The topological polar surface area (TPSA) is 77.4 Å². The molecule has 6 heteroatoms. The average molecular weight is 359 g/mol. The van der Waals surface area contributed by atoms with Crippen molar-refractivity contribution in [1.29, 1.82) is 0 Å². The third-order valence-electron chi connectivity index (χ3n) is 4.05. The van der Waals surface area contributed by atoms with Gasteiger partial charge in [0.05, 0.1) is 10.1 Å². The molecule has 1 N–H and O–H groups in total. The fourth-order valence-corrected chi connectivity index (χ4v) is 3.25. The van der Waals surface area contributed by atoms with Crippen molar-refractivity contribution in [2.45, 2.75) is 96.3 Å². The van der Waals surface area contributed by atoms with Crippen LogP contribution in [0.3, 0.4) is 0 Å². The Morgan fingerprint density at radius 2 is 0.826 bits per heavy atom. The Morgan fingerprint density at radius 1 is 0.565 bits per heavy atom. The monoisotopic (exact) mass is 358 g/mol. The average Bonchev–Trinajstić information content (AvgIpc) is 2.45. The molecule has 0 saturated carbocycles. The van der Waals surface area contributed by atoms with Crippen LogP contribution in [0, 0.1) is 0 Å². The van der Waals surface area contributed by atoms with E-state index in [1.54, 1.807) is 0 Å². The van der Waals surface area contributed by atoms with E-state index in [2.05, 4.69) is 0 Å². The first-order chi connectivity index (χ1) is 10.6. The van der Waals surface area contributed by atoms with Crippen LogP contribution < -0.4 is 29.6 Å². The molecule has 0 rings (SSSR count).